The molecule has 26 heavy (non-hydrogen) atoms. The minimum atomic E-state index is -3.24. The highest BCUT2D eigenvalue weighted by Crippen LogP contribution is 2.16. The summed E-state index contributed by atoms with van der Waals surface area (Å²) in [6.45, 7) is 0.412. The van der Waals surface area contributed by atoms with E-state index in [0.717, 1.165) is 6.26 Å². The van der Waals surface area contributed by atoms with Gasteiger partial charge >= 0.3 is 5.97 Å². The van der Waals surface area contributed by atoms with Crippen LogP contribution in [0.15, 0.2) is 45.7 Å². The van der Waals surface area contributed by atoms with Crippen molar-refractivity contribution in [3.05, 3.63) is 47.9 Å². The molecule has 1 aromatic carbocycles. The van der Waals surface area contributed by atoms with Crippen molar-refractivity contribution in [3.63, 3.8) is 0 Å². The van der Waals surface area contributed by atoms with E-state index in [1.165, 1.54) is 24.3 Å². The summed E-state index contributed by atoms with van der Waals surface area (Å²) in [6, 6.07) is 8.87. The van der Waals surface area contributed by atoms with Crippen molar-refractivity contribution in [3.8, 4) is 5.75 Å². The minimum absolute atomic E-state index is 0.111. The van der Waals surface area contributed by atoms with Gasteiger partial charge in [-0.1, -0.05) is 0 Å². The average Bonchev–Trinajstić information content (AvgIpc) is 3.06. The molecular weight excluding hydrogens is 362 g/mol. The molecule has 2 N–H and O–H groups in total. The number of amides is 1. The highest BCUT2D eigenvalue weighted by Gasteiger charge is 2.10. The molecule has 0 aliphatic rings. The molecule has 1 heterocycles. The number of nitrogens with one attached hydrogen (secondary N) is 1. The van der Waals surface area contributed by atoms with E-state index < -0.39 is 15.8 Å². The van der Waals surface area contributed by atoms with E-state index in [1.54, 1.807) is 12.1 Å². The van der Waals surface area contributed by atoms with Gasteiger partial charge in [0.1, 0.15) is 11.5 Å². The molecule has 0 aliphatic heterocycles. The topological polar surface area (TPSA) is 123 Å². The minimum Gasteiger partial charge on any atom is -0.494 e. The number of benzene rings is 1. The number of furan rings is 1. The maximum atomic E-state index is 11.7. The first kappa shape index (κ1) is 19.5. The summed E-state index contributed by atoms with van der Waals surface area (Å²) in [5, 5.41) is 11.4. The number of sulfone groups is 1. The fourth-order valence-electron chi connectivity index (χ4n) is 2.07. The lowest BCUT2D eigenvalue weighted by molar-refractivity contribution is -0.121. The van der Waals surface area contributed by atoms with Crippen LogP contribution in [0, 0.1) is 0 Å². The van der Waals surface area contributed by atoms with E-state index in [9.17, 15) is 18.0 Å². The van der Waals surface area contributed by atoms with Gasteiger partial charge in [0.25, 0.3) is 0 Å². The van der Waals surface area contributed by atoms with Crippen LogP contribution < -0.4 is 10.1 Å². The maximum absolute atomic E-state index is 11.7. The van der Waals surface area contributed by atoms with Gasteiger partial charge in [0.2, 0.25) is 11.7 Å². The molecule has 140 valence electrons. The Kier molecular flexibility index (Phi) is 6.40. The van der Waals surface area contributed by atoms with Gasteiger partial charge in [-0.25, -0.2) is 13.2 Å². The first-order valence-electron chi connectivity index (χ1n) is 7.77. The summed E-state index contributed by atoms with van der Waals surface area (Å²) in [6.07, 6.45) is 1.83. The van der Waals surface area contributed by atoms with Crippen LogP contribution in [0.2, 0.25) is 0 Å². The van der Waals surface area contributed by atoms with Crippen molar-refractivity contribution >= 4 is 21.7 Å². The third-order valence-electron chi connectivity index (χ3n) is 3.40. The molecule has 0 atom stereocenters. The number of carboxylic acids is 1. The molecule has 0 fully saturated rings. The highest BCUT2D eigenvalue weighted by atomic mass is 32.2. The quantitative estimate of drug-likeness (QED) is 0.636. The predicted octanol–water partition coefficient (Wildman–Crippen LogP) is 1.86. The van der Waals surface area contributed by atoms with Crippen molar-refractivity contribution in [2.45, 2.75) is 24.3 Å². The summed E-state index contributed by atoms with van der Waals surface area (Å²) in [7, 11) is -3.24. The molecule has 1 aromatic heterocycles. The molecule has 1 amide bonds. The van der Waals surface area contributed by atoms with Crippen LogP contribution in [0.5, 0.6) is 5.75 Å². The molecular formula is C17H19NO7S. The van der Waals surface area contributed by atoms with E-state index in [-0.39, 0.29) is 29.5 Å². The first-order chi connectivity index (χ1) is 12.3. The van der Waals surface area contributed by atoms with Crippen molar-refractivity contribution in [1.82, 2.24) is 5.32 Å². The molecule has 2 rings (SSSR count). The van der Waals surface area contributed by atoms with Gasteiger partial charge in [-0.05, 0) is 42.8 Å². The SMILES string of the molecule is CS(=O)(=O)c1ccc(OCCCC(=O)NCc2ccc(C(=O)O)o2)cc1. The van der Waals surface area contributed by atoms with Gasteiger partial charge in [0.15, 0.2) is 9.84 Å². The van der Waals surface area contributed by atoms with Gasteiger partial charge in [-0.3, -0.25) is 4.79 Å². The van der Waals surface area contributed by atoms with Gasteiger partial charge in [0.05, 0.1) is 18.0 Å². The van der Waals surface area contributed by atoms with Crippen LogP contribution in [0.4, 0.5) is 0 Å². The number of hydrogen-bond donors (Lipinski definition) is 2. The number of carbonyl (C=O) groups excluding carboxylic acids is 1. The predicted molar refractivity (Wildman–Crippen MR) is 91.8 cm³/mol. The average molecular weight is 381 g/mol. The highest BCUT2D eigenvalue weighted by molar-refractivity contribution is 7.90. The maximum Gasteiger partial charge on any atom is 0.371 e. The van der Waals surface area contributed by atoms with Gasteiger partial charge < -0.3 is 19.6 Å². The Morgan fingerprint density at radius 1 is 1.15 bits per heavy atom. The van der Waals surface area contributed by atoms with Crippen molar-refractivity contribution in [2.24, 2.45) is 0 Å². The number of rotatable bonds is 9. The van der Waals surface area contributed by atoms with Crippen LogP contribution in [0.25, 0.3) is 0 Å². The normalized spacial score (nSPS) is 11.1. The Labute approximate surface area is 150 Å². The third kappa shape index (κ3) is 5.92. The smallest absolute Gasteiger partial charge is 0.371 e. The van der Waals surface area contributed by atoms with Gasteiger partial charge in [-0.15, -0.1) is 0 Å². The third-order valence-corrected chi connectivity index (χ3v) is 4.53. The summed E-state index contributed by atoms with van der Waals surface area (Å²) in [4.78, 5) is 22.6. The lowest BCUT2D eigenvalue weighted by atomic mass is 10.3. The molecule has 0 spiro atoms. The zero-order valence-electron chi connectivity index (χ0n) is 14.1. The van der Waals surface area contributed by atoms with Crippen molar-refractivity contribution in [2.75, 3.05) is 12.9 Å². The second-order valence-electron chi connectivity index (χ2n) is 5.54. The molecule has 0 bridgehead atoms. The summed E-state index contributed by atoms with van der Waals surface area (Å²) < 4.78 is 33.2. The Hall–Kier alpha value is -2.81. The molecule has 0 saturated carbocycles. The largest absolute Gasteiger partial charge is 0.494 e. The summed E-state index contributed by atoms with van der Waals surface area (Å²) >= 11 is 0. The van der Waals surface area contributed by atoms with E-state index in [1.807, 2.05) is 0 Å². The zero-order valence-corrected chi connectivity index (χ0v) is 14.9. The van der Waals surface area contributed by atoms with Gasteiger partial charge in [0, 0.05) is 12.7 Å². The number of carboxylic acid groups (broad SMARTS) is 1. The molecule has 8 nitrogen and oxygen atoms in total. The van der Waals surface area contributed by atoms with Crippen molar-refractivity contribution in [1.29, 1.82) is 0 Å². The second kappa shape index (κ2) is 8.52. The first-order valence-corrected chi connectivity index (χ1v) is 9.66. The fourth-order valence-corrected chi connectivity index (χ4v) is 2.70. The zero-order chi connectivity index (χ0) is 19.2. The van der Waals surface area contributed by atoms with Crippen molar-refractivity contribution < 1.29 is 32.3 Å². The number of carbonyl (C=O) groups is 2. The van der Waals surface area contributed by atoms with E-state index in [4.69, 9.17) is 14.3 Å². The van der Waals surface area contributed by atoms with Crippen LogP contribution in [0.3, 0.4) is 0 Å². The Balaban J connectivity index is 1.67. The van der Waals surface area contributed by atoms with Crippen LogP contribution in [-0.4, -0.2) is 38.3 Å². The number of aromatic carboxylic acids is 1. The molecule has 2 aromatic rings. The molecule has 0 saturated heterocycles. The Morgan fingerprint density at radius 2 is 1.85 bits per heavy atom. The molecule has 9 heteroatoms. The Bertz CT molecular complexity index is 869. The second-order valence-corrected chi connectivity index (χ2v) is 7.56. The molecule has 0 aliphatic carbocycles. The van der Waals surface area contributed by atoms with Gasteiger partial charge in [-0.2, -0.15) is 0 Å². The molecule has 0 radical (unpaired) electrons. The monoisotopic (exact) mass is 381 g/mol. The number of hydrogen-bond acceptors (Lipinski definition) is 6. The standard InChI is InChI=1S/C17H19NO7S/c1-26(22,23)14-7-4-12(5-8-14)24-10-2-3-16(19)18-11-13-6-9-15(25-13)17(20)21/h4-9H,2-3,10-11H2,1H3,(H,18,19)(H,20,21). The van der Waals surface area contributed by atoms with E-state index in [0.29, 0.717) is 24.5 Å². The van der Waals surface area contributed by atoms with E-state index in [2.05, 4.69) is 5.32 Å². The van der Waals surface area contributed by atoms with Crippen LogP contribution in [0.1, 0.15) is 29.2 Å². The van der Waals surface area contributed by atoms with E-state index >= 15 is 0 Å². The van der Waals surface area contributed by atoms with Crippen LogP contribution in [-0.2, 0) is 21.2 Å². The summed E-state index contributed by atoms with van der Waals surface area (Å²) in [5.74, 6) is -0.671. The lowest BCUT2D eigenvalue weighted by Gasteiger charge is -2.07. The summed E-state index contributed by atoms with van der Waals surface area (Å²) in [5.41, 5.74) is 0. The lowest BCUT2D eigenvalue weighted by Crippen LogP contribution is -2.22. The number of ether oxygens (including phenoxy) is 1. The Morgan fingerprint density at radius 3 is 2.42 bits per heavy atom. The van der Waals surface area contributed by atoms with Crippen LogP contribution >= 0.6 is 0 Å². The fraction of sp³-hybridized carbons (Fsp3) is 0.294. The molecule has 0 unspecified atom stereocenters.